The van der Waals surface area contributed by atoms with Gasteiger partial charge < -0.3 is 10.2 Å². The zero-order valence-electron chi connectivity index (χ0n) is 16.2. The van der Waals surface area contributed by atoms with Crippen LogP contribution in [0.4, 0.5) is 21.5 Å². The summed E-state index contributed by atoms with van der Waals surface area (Å²) in [5.41, 5.74) is 0.0815. The molecule has 0 radical (unpaired) electrons. The molecule has 1 heterocycles. The highest BCUT2D eigenvalue weighted by Crippen LogP contribution is 2.32. The molecule has 0 atom stereocenters. The van der Waals surface area contributed by atoms with Gasteiger partial charge in [0, 0.05) is 38.0 Å². The Labute approximate surface area is 173 Å². The lowest BCUT2D eigenvalue weighted by Crippen LogP contribution is -2.33. The number of halogens is 1. The van der Waals surface area contributed by atoms with Crippen molar-refractivity contribution >= 4 is 33.0 Å². The number of rotatable bonds is 7. The first-order valence-electron chi connectivity index (χ1n) is 9.23. The van der Waals surface area contributed by atoms with E-state index in [-0.39, 0.29) is 28.5 Å². The number of likely N-dealkylation sites (N-methyl/N-ethyl adjacent to an activating group) is 1. The zero-order valence-corrected chi connectivity index (χ0v) is 17.1. The molecule has 0 aliphatic carbocycles. The maximum absolute atomic E-state index is 13.3. The molecule has 1 aliphatic heterocycles. The maximum Gasteiger partial charge on any atom is 0.270 e. The number of carbonyl (C=O) groups is 1. The van der Waals surface area contributed by atoms with Crippen LogP contribution in [-0.2, 0) is 14.8 Å². The van der Waals surface area contributed by atoms with Crippen molar-refractivity contribution in [2.75, 3.05) is 36.9 Å². The van der Waals surface area contributed by atoms with Gasteiger partial charge in [-0.1, -0.05) is 6.07 Å². The molecule has 2 aromatic carbocycles. The number of hydrogen-bond donors (Lipinski definition) is 1. The van der Waals surface area contributed by atoms with Gasteiger partial charge in [-0.3, -0.25) is 14.9 Å². The highest BCUT2D eigenvalue weighted by molar-refractivity contribution is 7.89. The number of amides is 1. The number of anilines is 2. The fourth-order valence-electron chi connectivity index (χ4n) is 3.27. The molecule has 1 aliphatic rings. The van der Waals surface area contributed by atoms with E-state index in [2.05, 4.69) is 5.32 Å². The molecule has 11 heteroatoms. The van der Waals surface area contributed by atoms with Gasteiger partial charge in [0.25, 0.3) is 5.69 Å². The molecule has 0 saturated carbocycles. The standard InChI is InChI=1S/C19H21FN4O5S/c1-22(13-19(25)21-15-6-4-5-14(20)11-15)17-8-7-16(24(26)27)12-18(17)30(28,29)23-9-2-3-10-23/h4-8,11-12H,2-3,9-10,13H2,1H3,(H,21,25). The molecule has 0 unspecified atom stereocenters. The first-order chi connectivity index (χ1) is 14.2. The molecule has 1 saturated heterocycles. The van der Waals surface area contributed by atoms with Crippen molar-refractivity contribution < 1.29 is 22.5 Å². The lowest BCUT2D eigenvalue weighted by atomic mass is 10.2. The van der Waals surface area contributed by atoms with Crippen LogP contribution in [-0.4, -0.2) is 50.2 Å². The van der Waals surface area contributed by atoms with Crippen molar-refractivity contribution in [3.63, 3.8) is 0 Å². The fourth-order valence-corrected chi connectivity index (χ4v) is 5.05. The van der Waals surface area contributed by atoms with Gasteiger partial charge in [-0.05, 0) is 37.1 Å². The Hall–Kier alpha value is -3.05. The number of nitrogens with one attached hydrogen (secondary N) is 1. The van der Waals surface area contributed by atoms with E-state index in [1.165, 1.54) is 46.6 Å². The lowest BCUT2D eigenvalue weighted by molar-refractivity contribution is -0.385. The third-order valence-corrected chi connectivity index (χ3v) is 6.67. The van der Waals surface area contributed by atoms with Crippen molar-refractivity contribution in [3.05, 3.63) is 58.4 Å². The van der Waals surface area contributed by atoms with E-state index in [0.29, 0.717) is 13.1 Å². The Morgan fingerprint density at radius 3 is 2.57 bits per heavy atom. The van der Waals surface area contributed by atoms with Crippen LogP contribution in [0.1, 0.15) is 12.8 Å². The third kappa shape index (κ3) is 4.74. The second kappa shape index (κ2) is 8.76. The first kappa shape index (κ1) is 21.7. The molecular weight excluding hydrogens is 415 g/mol. The summed E-state index contributed by atoms with van der Waals surface area (Å²) in [4.78, 5) is 24.0. The van der Waals surface area contributed by atoms with Crippen molar-refractivity contribution in [2.24, 2.45) is 0 Å². The number of sulfonamides is 1. The number of nitrogens with zero attached hydrogens (tertiary/aromatic N) is 3. The van der Waals surface area contributed by atoms with Crippen LogP contribution in [0.25, 0.3) is 0 Å². The predicted octanol–water partition coefficient (Wildman–Crippen LogP) is 2.59. The van der Waals surface area contributed by atoms with Gasteiger partial charge in [0.2, 0.25) is 15.9 Å². The van der Waals surface area contributed by atoms with E-state index < -0.39 is 26.7 Å². The van der Waals surface area contributed by atoms with Gasteiger partial charge in [0.1, 0.15) is 10.7 Å². The van der Waals surface area contributed by atoms with Crippen molar-refractivity contribution in [1.29, 1.82) is 0 Å². The number of carbonyl (C=O) groups excluding carboxylic acids is 1. The van der Waals surface area contributed by atoms with Crippen LogP contribution in [0.15, 0.2) is 47.4 Å². The molecule has 0 aromatic heterocycles. The van der Waals surface area contributed by atoms with Crippen LogP contribution < -0.4 is 10.2 Å². The SMILES string of the molecule is CN(CC(=O)Nc1cccc(F)c1)c1ccc([N+](=O)[O-])cc1S(=O)(=O)N1CCCC1. The molecule has 0 bridgehead atoms. The number of nitro benzene ring substituents is 1. The van der Waals surface area contributed by atoms with Gasteiger partial charge in [-0.25, -0.2) is 12.8 Å². The van der Waals surface area contributed by atoms with E-state index in [4.69, 9.17) is 0 Å². The minimum Gasteiger partial charge on any atom is -0.364 e. The van der Waals surface area contributed by atoms with Gasteiger partial charge in [-0.2, -0.15) is 4.31 Å². The number of benzene rings is 2. The molecule has 3 rings (SSSR count). The van der Waals surface area contributed by atoms with Gasteiger partial charge in [0.05, 0.1) is 17.2 Å². The van der Waals surface area contributed by atoms with Crippen molar-refractivity contribution in [3.8, 4) is 0 Å². The third-order valence-electron chi connectivity index (χ3n) is 4.74. The Morgan fingerprint density at radius 1 is 1.23 bits per heavy atom. The number of hydrogen-bond acceptors (Lipinski definition) is 6. The maximum atomic E-state index is 13.3. The Morgan fingerprint density at radius 2 is 1.93 bits per heavy atom. The molecule has 2 aromatic rings. The fraction of sp³-hybridized carbons (Fsp3) is 0.316. The smallest absolute Gasteiger partial charge is 0.270 e. The molecule has 30 heavy (non-hydrogen) atoms. The molecule has 9 nitrogen and oxygen atoms in total. The summed E-state index contributed by atoms with van der Waals surface area (Å²) in [7, 11) is -2.46. The van der Waals surface area contributed by atoms with Crippen LogP contribution in [0, 0.1) is 15.9 Å². The predicted molar refractivity (Wildman–Crippen MR) is 109 cm³/mol. The minimum atomic E-state index is -3.96. The van der Waals surface area contributed by atoms with Crippen molar-refractivity contribution in [1.82, 2.24) is 4.31 Å². The topological polar surface area (TPSA) is 113 Å². The molecule has 1 N–H and O–H groups in total. The minimum absolute atomic E-state index is 0.168. The molecule has 160 valence electrons. The molecule has 0 spiro atoms. The summed E-state index contributed by atoms with van der Waals surface area (Å²) in [6.45, 7) is 0.444. The van der Waals surface area contributed by atoms with Gasteiger partial charge in [-0.15, -0.1) is 0 Å². The second-order valence-electron chi connectivity index (χ2n) is 6.93. The number of non-ortho nitro benzene ring substituents is 1. The number of nitro groups is 1. The average Bonchev–Trinajstić information content (AvgIpc) is 3.23. The van der Waals surface area contributed by atoms with E-state index in [1.54, 1.807) is 0 Å². The average molecular weight is 436 g/mol. The lowest BCUT2D eigenvalue weighted by Gasteiger charge is -2.24. The monoisotopic (exact) mass is 436 g/mol. The summed E-state index contributed by atoms with van der Waals surface area (Å²) in [5.74, 6) is -0.999. The normalized spacial score (nSPS) is 14.5. The highest BCUT2D eigenvalue weighted by Gasteiger charge is 2.32. The quantitative estimate of drug-likeness (QED) is 0.527. The molecular formula is C19H21FN4O5S. The molecule has 1 amide bonds. The van der Waals surface area contributed by atoms with E-state index >= 15 is 0 Å². The zero-order chi connectivity index (χ0) is 21.9. The summed E-state index contributed by atoms with van der Waals surface area (Å²) in [5, 5.41) is 13.7. The molecule has 1 fully saturated rings. The van der Waals surface area contributed by atoms with E-state index in [9.17, 15) is 27.7 Å². The van der Waals surface area contributed by atoms with Crippen LogP contribution in [0.2, 0.25) is 0 Å². The van der Waals surface area contributed by atoms with Gasteiger partial charge >= 0.3 is 0 Å². The van der Waals surface area contributed by atoms with Crippen LogP contribution in [0.5, 0.6) is 0 Å². The Kier molecular flexibility index (Phi) is 6.32. The van der Waals surface area contributed by atoms with E-state index in [1.807, 2.05) is 0 Å². The van der Waals surface area contributed by atoms with E-state index in [0.717, 1.165) is 25.0 Å². The highest BCUT2D eigenvalue weighted by atomic mass is 32.2. The Bertz CT molecular complexity index is 1070. The van der Waals surface area contributed by atoms with Crippen molar-refractivity contribution in [2.45, 2.75) is 17.7 Å². The second-order valence-corrected chi connectivity index (χ2v) is 8.84. The summed E-state index contributed by atoms with van der Waals surface area (Å²) >= 11 is 0. The van der Waals surface area contributed by atoms with Crippen LogP contribution in [0.3, 0.4) is 0 Å². The summed E-state index contributed by atoms with van der Waals surface area (Å²) < 4.78 is 40.7. The first-order valence-corrected chi connectivity index (χ1v) is 10.7. The Balaban J connectivity index is 1.88. The largest absolute Gasteiger partial charge is 0.364 e. The summed E-state index contributed by atoms with van der Waals surface area (Å²) in [6.07, 6.45) is 1.44. The van der Waals surface area contributed by atoms with Crippen LogP contribution >= 0.6 is 0 Å². The summed E-state index contributed by atoms with van der Waals surface area (Å²) in [6, 6.07) is 8.91. The van der Waals surface area contributed by atoms with Gasteiger partial charge in [0.15, 0.2) is 0 Å².